The summed E-state index contributed by atoms with van der Waals surface area (Å²) in [5, 5.41) is 12.3. The Balaban J connectivity index is 2.43. The molecule has 102 valence electrons. The van der Waals surface area contributed by atoms with E-state index in [0.717, 1.165) is 12.0 Å². The van der Waals surface area contributed by atoms with Gasteiger partial charge < -0.3 is 5.32 Å². The molecule has 2 aromatic rings. The van der Waals surface area contributed by atoms with Crippen molar-refractivity contribution in [3.63, 3.8) is 0 Å². The molecular formula is C14H12ClFN4. The fourth-order valence-electron chi connectivity index (χ4n) is 1.84. The molecule has 0 saturated heterocycles. The third kappa shape index (κ3) is 2.86. The van der Waals surface area contributed by atoms with E-state index in [-0.39, 0.29) is 5.56 Å². The average Bonchev–Trinajstić information content (AvgIpc) is 2.43. The van der Waals surface area contributed by atoms with Crippen LogP contribution < -0.4 is 5.32 Å². The molecule has 0 spiro atoms. The van der Waals surface area contributed by atoms with Crippen LogP contribution in [0, 0.1) is 17.1 Å². The molecule has 2 rings (SSSR count). The Kier molecular flexibility index (Phi) is 4.49. The lowest BCUT2D eigenvalue weighted by Gasteiger charge is -2.12. The highest BCUT2D eigenvalue weighted by molar-refractivity contribution is 6.30. The van der Waals surface area contributed by atoms with Crippen LogP contribution >= 0.6 is 11.6 Å². The van der Waals surface area contributed by atoms with Gasteiger partial charge in [-0.25, -0.2) is 14.4 Å². The summed E-state index contributed by atoms with van der Waals surface area (Å²) in [6.45, 7) is 2.01. The standard InChI is InChI=1S/C14H12ClFN4/c1-2-4-9-13(15)18-8-19-14(9)20-12-6-3-5-11(16)10(12)7-17/h3,5-6,8H,2,4H2,1H3,(H,18,19,20). The van der Waals surface area contributed by atoms with Gasteiger partial charge in [0.05, 0.1) is 5.69 Å². The minimum Gasteiger partial charge on any atom is -0.339 e. The summed E-state index contributed by atoms with van der Waals surface area (Å²) in [4.78, 5) is 8.06. The minimum absolute atomic E-state index is 0.0512. The molecule has 0 unspecified atom stereocenters. The van der Waals surface area contributed by atoms with E-state index in [1.807, 2.05) is 13.0 Å². The van der Waals surface area contributed by atoms with Crippen LogP contribution in [-0.2, 0) is 6.42 Å². The van der Waals surface area contributed by atoms with Crippen LogP contribution in [0.2, 0.25) is 5.15 Å². The molecule has 0 fully saturated rings. The summed E-state index contributed by atoms with van der Waals surface area (Å²) < 4.78 is 13.6. The second-order valence-corrected chi connectivity index (χ2v) is 4.50. The second-order valence-electron chi connectivity index (χ2n) is 4.14. The number of hydrogen-bond acceptors (Lipinski definition) is 4. The molecule has 0 saturated carbocycles. The van der Waals surface area contributed by atoms with Gasteiger partial charge in [0.1, 0.15) is 34.7 Å². The highest BCUT2D eigenvalue weighted by atomic mass is 35.5. The minimum atomic E-state index is -0.574. The number of halogens is 2. The Hall–Kier alpha value is -2.19. The number of nitrogens with one attached hydrogen (secondary N) is 1. The first-order chi connectivity index (χ1) is 9.67. The topological polar surface area (TPSA) is 61.6 Å². The van der Waals surface area contributed by atoms with E-state index < -0.39 is 5.82 Å². The Morgan fingerprint density at radius 2 is 2.20 bits per heavy atom. The van der Waals surface area contributed by atoms with E-state index in [2.05, 4.69) is 15.3 Å². The second kappa shape index (κ2) is 6.31. The van der Waals surface area contributed by atoms with E-state index in [4.69, 9.17) is 16.9 Å². The van der Waals surface area contributed by atoms with Crippen LogP contribution in [0.15, 0.2) is 24.5 Å². The lowest BCUT2D eigenvalue weighted by Crippen LogP contribution is -2.03. The van der Waals surface area contributed by atoms with Gasteiger partial charge in [-0.2, -0.15) is 5.26 Å². The highest BCUT2D eigenvalue weighted by Crippen LogP contribution is 2.27. The number of nitrogens with zero attached hydrogens (tertiary/aromatic N) is 3. The molecule has 0 aliphatic heterocycles. The van der Waals surface area contributed by atoms with E-state index in [9.17, 15) is 4.39 Å². The van der Waals surface area contributed by atoms with E-state index >= 15 is 0 Å². The summed E-state index contributed by atoms with van der Waals surface area (Å²) in [5.41, 5.74) is 1.06. The van der Waals surface area contributed by atoms with Gasteiger partial charge in [-0.1, -0.05) is 31.0 Å². The van der Waals surface area contributed by atoms with Gasteiger partial charge in [-0.05, 0) is 18.6 Å². The van der Waals surface area contributed by atoms with Crippen molar-refractivity contribution in [1.29, 1.82) is 5.26 Å². The number of hydrogen-bond donors (Lipinski definition) is 1. The summed E-state index contributed by atoms with van der Waals surface area (Å²) in [6, 6.07) is 6.22. The first kappa shape index (κ1) is 14.2. The monoisotopic (exact) mass is 290 g/mol. The van der Waals surface area contributed by atoms with E-state index in [1.54, 1.807) is 6.07 Å². The molecule has 20 heavy (non-hydrogen) atoms. The molecule has 0 aliphatic rings. The Labute approximate surface area is 121 Å². The molecule has 1 heterocycles. The maximum atomic E-state index is 13.6. The molecule has 0 amide bonds. The molecule has 0 atom stereocenters. The molecular weight excluding hydrogens is 279 g/mol. The molecule has 0 bridgehead atoms. The van der Waals surface area contributed by atoms with Gasteiger partial charge in [0.2, 0.25) is 0 Å². The quantitative estimate of drug-likeness (QED) is 0.869. The van der Waals surface area contributed by atoms with Crippen LogP contribution in [0.1, 0.15) is 24.5 Å². The Bertz CT molecular complexity index is 667. The van der Waals surface area contributed by atoms with Gasteiger partial charge in [0.15, 0.2) is 0 Å². The summed E-state index contributed by atoms with van der Waals surface area (Å²) in [7, 11) is 0. The average molecular weight is 291 g/mol. The van der Waals surface area contributed by atoms with Crippen molar-refractivity contribution in [1.82, 2.24) is 9.97 Å². The van der Waals surface area contributed by atoms with Crippen LogP contribution in [0.25, 0.3) is 0 Å². The number of anilines is 2. The normalized spacial score (nSPS) is 10.1. The lowest BCUT2D eigenvalue weighted by atomic mass is 10.1. The van der Waals surface area contributed by atoms with Crippen molar-refractivity contribution in [3.05, 3.63) is 46.6 Å². The molecule has 0 aliphatic carbocycles. The maximum Gasteiger partial charge on any atom is 0.143 e. The molecule has 6 heteroatoms. The number of nitriles is 1. The Morgan fingerprint density at radius 3 is 2.90 bits per heavy atom. The van der Waals surface area contributed by atoms with Crippen LogP contribution in [0.3, 0.4) is 0 Å². The van der Waals surface area contributed by atoms with Gasteiger partial charge in [0.25, 0.3) is 0 Å². The van der Waals surface area contributed by atoms with Gasteiger partial charge >= 0.3 is 0 Å². The molecule has 0 radical (unpaired) electrons. The molecule has 1 aromatic heterocycles. The SMILES string of the molecule is CCCc1c(Cl)ncnc1Nc1cccc(F)c1C#N. The van der Waals surface area contributed by atoms with Crippen LogP contribution in [-0.4, -0.2) is 9.97 Å². The highest BCUT2D eigenvalue weighted by Gasteiger charge is 2.13. The predicted molar refractivity (Wildman–Crippen MR) is 75.4 cm³/mol. The first-order valence-electron chi connectivity index (χ1n) is 6.12. The van der Waals surface area contributed by atoms with Crippen molar-refractivity contribution < 1.29 is 4.39 Å². The van der Waals surface area contributed by atoms with Crippen molar-refractivity contribution in [2.75, 3.05) is 5.32 Å². The van der Waals surface area contributed by atoms with Gasteiger partial charge in [0, 0.05) is 5.56 Å². The lowest BCUT2D eigenvalue weighted by molar-refractivity contribution is 0.624. The van der Waals surface area contributed by atoms with E-state index in [1.165, 1.54) is 18.5 Å². The van der Waals surface area contributed by atoms with Gasteiger partial charge in [-0.15, -0.1) is 0 Å². The number of aromatic nitrogens is 2. The summed E-state index contributed by atoms with van der Waals surface area (Å²) in [6.07, 6.45) is 2.89. The fourth-order valence-corrected chi connectivity index (χ4v) is 2.07. The zero-order valence-corrected chi connectivity index (χ0v) is 11.6. The zero-order valence-electron chi connectivity index (χ0n) is 10.8. The van der Waals surface area contributed by atoms with E-state index in [0.29, 0.717) is 23.1 Å². The largest absolute Gasteiger partial charge is 0.339 e. The fraction of sp³-hybridized carbons (Fsp3) is 0.214. The van der Waals surface area contributed by atoms with Crippen molar-refractivity contribution >= 4 is 23.1 Å². The predicted octanol–water partition coefficient (Wildman–Crippen LogP) is 3.84. The zero-order chi connectivity index (χ0) is 14.5. The van der Waals surface area contributed by atoms with Crippen LogP contribution in [0.5, 0.6) is 0 Å². The van der Waals surface area contributed by atoms with Crippen LogP contribution in [0.4, 0.5) is 15.9 Å². The van der Waals surface area contributed by atoms with Gasteiger partial charge in [-0.3, -0.25) is 0 Å². The molecule has 1 N–H and O–H groups in total. The van der Waals surface area contributed by atoms with Crippen molar-refractivity contribution in [3.8, 4) is 6.07 Å². The van der Waals surface area contributed by atoms with Crippen molar-refractivity contribution in [2.45, 2.75) is 19.8 Å². The molecule has 1 aromatic carbocycles. The Morgan fingerprint density at radius 1 is 1.40 bits per heavy atom. The first-order valence-corrected chi connectivity index (χ1v) is 6.50. The number of rotatable bonds is 4. The summed E-state index contributed by atoms with van der Waals surface area (Å²) >= 11 is 6.05. The third-order valence-corrected chi connectivity index (χ3v) is 3.10. The van der Waals surface area contributed by atoms with Crippen molar-refractivity contribution in [2.24, 2.45) is 0 Å². The maximum absolute atomic E-state index is 13.6. The summed E-state index contributed by atoms with van der Waals surface area (Å²) in [5.74, 6) is -0.0800. The number of benzene rings is 1. The third-order valence-electron chi connectivity index (χ3n) is 2.77. The smallest absolute Gasteiger partial charge is 0.143 e. The molecule has 4 nitrogen and oxygen atoms in total.